The lowest BCUT2D eigenvalue weighted by molar-refractivity contribution is -0.114. The first-order chi connectivity index (χ1) is 14.2. The molecule has 0 atom stereocenters. The number of piperidine rings is 1. The summed E-state index contributed by atoms with van der Waals surface area (Å²) in [4.78, 5) is 25.0. The van der Waals surface area contributed by atoms with Crippen LogP contribution in [0.2, 0.25) is 0 Å². The maximum Gasteiger partial charge on any atom is 0.410 e. The third-order valence-electron chi connectivity index (χ3n) is 4.66. The lowest BCUT2D eigenvalue weighted by Crippen LogP contribution is -2.44. The van der Waals surface area contributed by atoms with Crippen LogP contribution in [0.1, 0.15) is 40.5 Å². The number of rotatable bonds is 4. The summed E-state index contributed by atoms with van der Waals surface area (Å²) in [5, 5.41) is 14.7. The molecule has 1 aliphatic heterocycles. The van der Waals surface area contributed by atoms with Crippen molar-refractivity contribution in [2.45, 2.75) is 52.2 Å². The first kappa shape index (κ1) is 21.5. The molecule has 1 aromatic heterocycles. The van der Waals surface area contributed by atoms with Crippen LogP contribution in [0, 0.1) is 0 Å². The van der Waals surface area contributed by atoms with Crippen LogP contribution in [-0.2, 0) is 9.53 Å². The molecular formula is C22H29N5O3. The van der Waals surface area contributed by atoms with E-state index in [0.29, 0.717) is 18.9 Å². The SMILES string of the molecule is CC(=O)Nc1ccc(-c2ccc(NC3CCN(C(=O)OC(C)(C)C)CC3)nn2)cc1. The highest BCUT2D eigenvalue weighted by molar-refractivity contribution is 5.88. The maximum absolute atomic E-state index is 12.2. The second-order valence-electron chi connectivity index (χ2n) is 8.45. The second kappa shape index (κ2) is 9.11. The molecule has 2 N–H and O–H groups in total. The molecule has 8 nitrogen and oxygen atoms in total. The van der Waals surface area contributed by atoms with Crippen molar-refractivity contribution in [3.05, 3.63) is 36.4 Å². The number of anilines is 2. The fourth-order valence-corrected chi connectivity index (χ4v) is 3.23. The number of nitrogens with zero attached hydrogens (tertiary/aromatic N) is 3. The summed E-state index contributed by atoms with van der Waals surface area (Å²) in [6.07, 6.45) is 1.40. The minimum atomic E-state index is -0.478. The largest absolute Gasteiger partial charge is 0.444 e. The standard InChI is InChI=1S/C22H29N5O3/c1-15(28)23-17-7-5-16(6-8-17)19-9-10-20(26-25-19)24-18-11-13-27(14-12-18)21(29)30-22(2,3)4/h5-10,18H,11-14H2,1-4H3,(H,23,28)(H,24,26). The zero-order valence-electron chi connectivity index (χ0n) is 17.9. The van der Waals surface area contributed by atoms with E-state index in [1.165, 1.54) is 6.92 Å². The van der Waals surface area contributed by atoms with Gasteiger partial charge in [-0.1, -0.05) is 12.1 Å². The zero-order valence-corrected chi connectivity index (χ0v) is 17.9. The van der Waals surface area contributed by atoms with Crippen LogP contribution in [0.4, 0.5) is 16.3 Å². The summed E-state index contributed by atoms with van der Waals surface area (Å²) in [7, 11) is 0. The maximum atomic E-state index is 12.2. The quantitative estimate of drug-likeness (QED) is 0.792. The van der Waals surface area contributed by atoms with Crippen molar-refractivity contribution in [2.75, 3.05) is 23.7 Å². The van der Waals surface area contributed by atoms with Crippen LogP contribution in [-0.4, -0.2) is 51.8 Å². The number of hydrogen-bond donors (Lipinski definition) is 2. The van der Waals surface area contributed by atoms with Gasteiger partial charge in [0.05, 0.1) is 5.69 Å². The predicted octanol–water partition coefficient (Wildman–Crippen LogP) is 3.91. The molecule has 2 heterocycles. The van der Waals surface area contributed by atoms with Crippen LogP contribution in [0.25, 0.3) is 11.3 Å². The molecule has 1 aliphatic rings. The number of benzene rings is 1. The number of amides is 2. The Bertz CT molecular complexity index is 867. The molecule has 0 aliphatic carbocycles. The van der Waals surface area contributed by atoms with Gasteiger partial charge in [0.2, 0.25) is 5.91 Å². The Hall–Kier alpha value is -3.16. The number of likely N-dealkylation sites (tertiary alicyclic amines) is 1. The van der Waals surface area contributed by atoms with Gasteiger partial charge in [0.25, 0.3) is 0 Å². The fraction of sp³-hybridized carbons (Fsp3) is 0.455. The second-order valence-corrected chi connectivity index (χ2v) is 8.45. The van der Waals surface area contributed by atoms with Crippen molar-refractivity contribution in [1.29, 1.82) is 0 Å². The molecule has 30 heavy (non-hydrogen) atoms. The molecule has 2 aromatic rings. The van der Waals surface area contributed by atoms with E-state index in [2.05, 4.69) is 20.8 Å². The van der Waals surface area contributed by atoms with Gasteiger partial charge in [-0.05, 0) is 57.9 Å². The molecule has 8 heteroatoms. The van der Waals surface area contributed by atoms with Gasteiger partial charge in [0.15, 0.2) is 0 Å². The first-order valence-electron chi connectivity index (χ1n) is 10.2. The average molecular weight is 412 g/mol. The molecule has 0 unspecified atom stereocenters. The highest BCUT2D eigenvalue weighted by Gasteiger charge is 2.26. The number of hydrogen-bond acceptors (Lipinski definition) is 6. The summed E-state index contributed by atoms with van der Waals surface area (Å²) in [6.45, 7) is 8.40. The van der Waals surface area contributed by atoms with Crippen molar-refractivity contribution >= 4 is 23.5 Å². The molecule has 160 valence electrons. The van der Waals surface area contributed by atoms with Gasteiger partial charge < -0.3 is 20.3 Å². The summed E-state index contributed by atoms with van der Waals surface area (Å²) in [6, 6.07) is 11.5. The molecule has 1 fully saturated rings. The van der Waals surface area contributed by atoms with E-state index < -0.39 is 5.60 Å². The smallest absolute Gasteiger partial charge is 0.410 e. The molecule has 0 radical (unpaired) electrons. The summed E-state index contributed by atoms with van der Waals surface area (Å²) >= 11 is 0. The van der Waals surface area contributed by atoms with Gasteiger partial charge in [-0.25, -0.2) is 4.79 Å². The zero-order chi connectivity index (χ0) is 21.7. The van der Waals surface area contributed by atoms with Crippen molar-refractivity contribution in [1.82, 2.24) is 15.1 Å². The van der Waals surface area contributed by atoms with Gasteiger partial charge in [-0.15, -0.1) is 10.2 Å². The van der Waals surface area contributed by atoms with Crippen molar-refractivity contribution in [2.24, 2.45) is 0 Å². The number of ether oxygens (including phenoxy) is 1. The highest BCUT2D eigenvalue weighted by Crippen LogP contribution is 2.21. The molecule has 0 spiro atoms. The van der Waals surface area contributed by atoms with E-state index >= 15 is 0 Å². The minimum Gasteiger partial charge on any atom is -0.444 e. The average Bonchev–Trinajstić information content (AvgIpc) is 2.68. The number of carbonyl (C=O) groups is 2. The van der Waals surface area contributed by atoms with Crippen LogP contribution in [0.15, 0.2) is 36.4 Å². The molecule has 2 amide bonds. The summed E-state index contributed by atoms with van der Waals surface area (Å²) in [5.41, 5.74) is 1.95. The Kier molecular flexibility index (Phi) is 6.54. The minimum absolute atomic E-state index is 0.102. The van der Waals surface area contributed by atoms with Crippen molar-refractivity contribution < 1.29 is 14.3 Å². The number of carbonyl (C=O) groups excluding carboxylic acids is 2. The Morgan fingerprint density at radius 2 is 1.70 bits per heavy atom. The Morgan fingerprint density at radius 3 is 2.23 bits per heavy atom. The van der Waals surface area contributed by atoms with E-state index in [1.807, 2.05) is 57.2 Å². The Balaban J connectivity index is 1.52. The Morgan fingerprint density at radius 1 is 1.03 bits per heavy atom. The third kappa shape index (κ3) is 6.17. The normalized spacial score (nSPS) is 14.9. The van der Waals surface area contributed by atoms with E-state index in [1.54, 1.807) is 4.90 Å². The summed E-state index contributed by atoms with van der Waals surface area (Å²) < 4.78 is 5.44. The van der Waals surface area contributed by atoms with Gasteiger partial charge >= 0.3 is 6.09 Å². The molecule has 0 bridgehead atoms. The number of nitrogens with one attached hydrogen (secondary N) is 2. The predicted molar refractivity (Wildman–Crippen MR) is 116 cm³/mol. The van der Waals surface area contributed by atoms with Gasteiger partial charge in [0, 0.05) is 37.3 Å². The molecule has 3 rings (SSSR count). The van der Waals surface area contributed by atoms with Crippen molar-refractivity contribution in [3.63, 3.8) is 0 Å². The van der Waals surface area contributed by atoms with Crippen molar-refractivity contribution in [3.8, 4) is 11.3 Å². The molecule has 1 aromatic carbocycles. The Labute approximate surface area is 177 Å². The molecule has 0 saturated carbocycles. The van der Waals surface area contributed by atoms with E-state index in [0.717, 1.165) is 29.8 Å². The van der Waals surface area contributed by atoms with Gasteiger partial charge in [-0.3, -0.25) is 4.79 Å². The lowest BCUT2D eigenvalue weighted by Gasteiger charge is -2.33. The van der Waals surface area contributed by atoms with E-state index in [4.69, 9.17) is 4.74 Å². The third-order valence-corrected chi connectivity index (χ3v) is 4.66. The lowest BCUT2D eigenvalue weighted by atomic mass is 10.1. The topological polar surface area (TPSA) is 96.5 Å². The van der Waals surface area contributed by atoms with Crippen LogP contribution < -0.4 is 10.6 Å². The fourth-order valence-electron chi connectivity index (χ4n) is 3.23. The van der Waals surface area contributed by atoms with Crippen LogP contribution >= 0.6 is 0 Å². The van der Waals surface area contributed by atoms with Crippen LogP contribution in [0.3, 0.4) is 0 Å². The monoisotopic (exact) mass is 411 g/mol. The molecule has 1 saturated heterocycles. The molecular weight excluding hydrogens is 382 g/mol. The van der Waals surface area contributed by atoms with E-state index in [-0.39, 0.29) is 18.0 Å². The van der Waals surface area contributed by atoms with Gasteiger partial charge in [0.1, 0.15) is 11.4 Å². The number of aromatic nitrogens is 2. The van der Waals surface area contributed by atoms with Crippen LogP contribution in [0.5, 0.6) is 0 Å². The van der Waals surface area contributed by atoms with E-state index in [9.17, 15) is 9.59 Å². The highest BCUT2D eigenvalue weighted by atomic mass is 16.6. The van der Waals surface area contributed by atoms with Gasteiger partial charge in [-0.2, -0.15) is 0 Å². The summed E-state index contributed by atoms with van der Waals surface area (Å²) in [5.74, 6) is 0.610. The first-order valence-corrected chi connectivity index (χ1v) is 10.2.